The molecule has 0 saturated carbocycles. The third-order valence-electron chi connectivity index (χ3n) is 1.71. The molecule has 0 fully saturated rings. The first kappa shape index (κ1) is 12.8. The first-order chi connectivity index (χ1) is 7.41. The van der Waals surface area contributed by atoms with Crippen molar-refractivity contribution in [1.29, 1.82) is 0 Å². The molecule has 0 aromatic carbocycles. The normalized spacial score (nSPS) is 9.94. The Morgan fingerprint density at radius 2 is 2.19 bits per heavy atom. The van der Waals surface area contributed by atoms with Crippen LogP contribution >= 0.6 is 22.9 Å². The van der Waals surface area contributed by atoms with Crippen LogP contribution in [0.4, 0.5) is 0 Å². The smallest absolute Gasteiger partial charge is 0.349 e. The second-order valence-electron chi connectivity index (χ2n) is 3.13. The molecule has 1 rings (SSSR count). The number of carbonyl (C=O) groups excluding carboxylic acids is 1. The van der Waals surface area contributed by atoms with Gasteiger partial charge in [0.2, 0.25) is 0 Å². The SMILES string of the molecule is CN(C)C(=O)COc1cc(Cl)sc1C(=O)O. The lowest BCUT2D eigenvalue weighted by atomic mass is 10.4. The maximum atomic E-state index is 11.2. The van der Waals surface area contributed by atoms with E-state index in [1.807, 2.05) is 0 Å². The molecule has 7 heteroatoms. The Hall–Kier alpha value is -1.27. The number of thiophene rings is 1. The zero-order chi connectivity index (χ0) is 12.3. The lowest BCUT2D eigenvalue weighted by molar-refractivity contribution is -0.130. The van der Waals surface area contributed by atoms with E-state index in [1.54, 1.807) is 14.1 Å². The minimum atomic E-state index is -1.12. The number of likely N-dealkylation sites (N-methyl/N-ethyl adjacent to an activating group) is 1. The first-order valence-corrected chi connectivity index (χ1v) is 5.47. The summed E-state index contributed by atoms with van der Waals surface area (Å²) in [6.07, 6.45) is 0. The van der Waals surface area contributed by atoms with Gasteiger partial charge in [0.15, 0.2) is 11.5 Å². The van der Waals surface area contributed by atoms with Crippen LogP contribution in [-0.2, 0) is 4.79 Å². The lowest BCUT2D eigenvalue weighted by Crippen LogP contribution is -2.27. The van der Waals surface area contributed by atoms with Crippen LogP contribution in [0.5, 0.6) is 5.75 Å². The van der Waals surface area contributed by atoms with E-state index in [0.717, 1.165) is 11.3 Å². The van der Waals surface area contributed by atoms with Crippen molar-refractivity contribution in [3.8, 4) is 5.75 Å². The third kappa shape index (κ3) is 3.11. The van der Waals surface area contributed by atoms with Crippen molar-refractivity contribution >= 4 is 34.8 Å². The Kier molecular flexibility index (Phi) is 4.14. The van der Waals surface area contributed by atoms with Crippen LogP contribution in [0.25, 0.3) is 0 Å². The topological polar surface area (TPSA) is 66.8 Å². The molecule has 0 aliphatic carbocycles. The predicted octanol–water partition coefficient (Wildman–Crippen LogP) is 1.57. The number of rotatable bonds is 4. The Morgan fingerprint density at radius 3 is 2.69 bits per heavy atom. The second-order valence-corrected chi connectivity index (χ2v) is 4.81. The molecule has 5 nitrogen and oxygen atoms in total. The summed E-state index contributed by atoms with van der Waals surface area (Å²) in [4.78, 5) is 23.4. The minimum Gasteiger partial charge on any atom is -0.482 e. The molecule has 16 heavy (non-hydrogen) atoms. The summed E-state index contributed by atoms with van der Waals surface area (Å²) in [5.41, 5.74) is 0. The van der Waals surface area contributed by atoms with Gasteiger partial charge in [0.1, 0.15) is 5.75 Å². The number of amides is 1. The molecule has 1 aromatic rings. The number of hydrogen-bond donors (Lipinski definition) is 1. The van der Waals surface area contributed by atoms with Crippen LogP contribution in [0.3, 0.4) is 0 Å². The van der Waals surface area contributed by atoms with Gasteiger partial charge in [-0.1, -0.05) is 11.6 Å². The molecule has 0 atom stereocenters. The summed E-state index contributed by atoms with van der Waals surface area (Å²) in [6.45, 7) is -0.208. The van der Waals surface area contributed by atoms with Crippen molar-refractivity contribution in [2.45, 2.75) is 0 Å². The van der Waals surface area contributed by atoms with E-state index in [1.165, 1.54) is 11.0 Å². The fourth-order valence-electron chi connectivity index (χ4n) is 0.871. The van der Waals surface area contributed by atoms with Gasteiger partial charge in [-0.25, -0.2) is 4.79 Å². The standard InChI is InChI=1S/C9H10ClNO4S/c1-11(2)7(12)4-15-5-3-6(10)16-8(5)9(13)14/h3H,4H2,1-2H3,(H,13,14). The molecule has 1 N–H and O–H groups in total. The van der Waals surface area contributed by atoms with Gasteiger partial charge < -0.3 is 14.7 Å². The number of halogens is 1. The van der Waals surface area contributed by atoms with Gasteiger partial charge in [-0.3, -0.25) is 4.79 Å². The van der Waals surface area contributed by atoms with E-state index in [2.05, 4.69) is 0 Å². The molecular weight excluding hydrogens is 254 g/mol. The zero-order valence-corrected chi connectivity index (χ0v) is 10.3. The molecule has 0 aliphatic rings. The van der Waals surface area contributed by atoms with Crippen LogP contribution in [0.1, 0.15) is 9.67 Å². The van der Waals surface area contributed by atoms with Gasteiger partial charge >= 0.3 is 5.97 Å². The summed E-state index contributed by atoms with van der Waals surface area (Å²) in [5, 5.41) is 8.83. The summed E-state index contributed by atoms with van der Waals surface area (Å²) >= 11 is 6.57. The average Bonchev–Trinajstić information content (AvgIpc) is 2.56. The molecule has 0 spiro atoms. The van der Waals surface area contributed by atoms with E-state index in [4.69, 9.17) is 21.4 Å². The van der Waals surface area contributed by atoms with Crippen molar-refractivity contribution < 1.29 is 19.4 Å². The minimum absolute atomic E-state index is 0.00319. The molecule has 0 saturated heterocycles. The molecule has 0 aliphatic heterocycles. The largest absolute Gasteiger partial charge is 0.482 e. The number of aromatic carboxylic acids is 1. The van der Waals surface area contributed by atoms with Crippen LogP contribution in [0.2, 0.25) is 4.34 Å². The fraction of sp³-hybridized carbons (Fsp3) is 0.333. The molecule has 1 aromatic heterocycles. The Morgan fingerprint density at radius 1 is 1.56 bits per heavy atom. The maximum absolute atomic E-state index is 11.2. The van der Waals surface area contributed by atoms with Crippen molar-refractivity contribution in [3.05, 3.63) is 15.3 Å². The van der Waals surface area contributed by atoms with Crippen molar-refractivity contribution in [2.75, 3.05) is 20.7 Å². The number of carbonyl (C=O) groups is 2. The Labute approximate surface area is 101 Å². The van der Waals surface area contributed by atoms with Crippen molar-refractivity contribution in [3.63, 3.8) is 0 Å². The maximum Gasteiger partial charge on any atom is 0.349 e. The summed E-state index contributed by atoms with van der Waals surface area (Å²) in [6, 6.07) is 1.39. The molecular formula is C9H10ClNO4S. The molecule has 88 valence electrons. The lowest BCUT2D eigenvalue weighted by Gasteiger charge is -2.10. The monoisotopic (exact) mass is 263 g/mol. The highest BCUT2D eigenvalue weighted by molar-refractivity contribution is 7.18. The number of carboxylic acid groups (broad SMARTS) is 1. The summed E-state index contributed by atoms with van der Waals surface area (Å²) in [5.74, 6) is -1.25. The number of hydrogen-bond acceptors (Lipinski definition) is 4. The van der Waals surface area contributed by atoms with E-state index in [-0.39, 0.29) is 23.1 Å². The van der Waals surface area contributed by atoms with Crippen molar-refractivity contribution in [2.24, 2.45) is 0 Å². The third-order valence-corrected chi connectivity index (χ3v) is 2.95. The fourth-order valence-corrected chi connectivity index (χ4v) is 1.87. The van der Waals surface area contributed by atoms with Gasteiger partial charge in [0.25, 0.3) is 5.91 Å². The van der Waals surface area contributed by atoms with Crippen molar-refractivity contribution in [1.82, 2.24) is 4.90 Å². The van der Waals surface area contributed by atoms with Crippen LogP contribution in [0.15, 0.2) is 6.07 Å². The highest BCUT2D eigenvalue weighted by Crippen LogP contribution is 2.32. The number of ether oxygens (including phenoxy) is 1. The van der Waals surface area contributed by atoms with Gasteiger partial charge in [-0.2, -0.15) is 0 Å². The van der Waals surface area contributed by atoms with E-state index in [9.17, 15) is 9.59 Å². The Balaban J connectivity index is 2.74. The average molecular weight is 264 g/mol. The summed E-state index contributed by atoms with van der Waals surface area (Å²) < 4.78 is 5.41. The van der Waals surface area contributed by atoms with Crippen LogP contribution < -0.4 is 4.74 Å². The predicted molar refractivity (Wildman–Crippen MR) is 60.5 cm³/mol. The zero-order valence-electron chi connectivity index (χ0n) is 8.69. The molecule has 1 amide bonds. The number of carboxylic acids is 1. The summed E-state index contributed by atoms with van der Waals surface area (Å²) in [7, 11) is 3.18. The van der Waals surface area contributed by atoms with Crippen LogP contribution in [0, 0.1) is 0 Å². The highest BCUT2D eigenvalue weighted by atomic mass is 35.5. The van der Waals surface area contributed by atoms with Crippen LogP contribution in [-0.4, -0.2) is 42.6 Å². The number of nitrogens with zero attached hydrogens (tertiary/aromatic N) is 1. The van der Waals surface area contributed by atoms with E-state index >= 15 is 0 Å². The first-order valence-electron chi connectivity index (χ1n) is 4.27. The highest BCUT2D eigenvalue weighted by Gasteiger charge is 2.17. The van der Waals surface area contributed by atoms with Gasteiger partial charge in [0.05, 0.1) is 4.34 Å². The quantitative estimate of drug-likeness (QED) is 0.895. The van der Waals surface area contributed by atoms with Gasteiger partial charge in [0, 0.05) is 20.2 Å². The van der Waals surface area contributed by atoms with E-state index < -0.39 is 5.97 Å². The molecule has 0 radical (unpaired) electrons. The van der Waals surface area contributed by atoms with E-state index in [0.29, 0.717) is 4.34 Å². The van der Waals surface area contributed by atoms with Gasteiger partial charge in [-0.05, 0) is 0 Å². The van der Waals surface area contributed by atoms with Gasteiger partial charge in [-0.15, -0.1) is 11.3 Å². The Bertz CT molecular complexity index is 416. The molecule has 0 bridgehead atoms. The molecule has 1 heterocycles. The molecule has 0 unspecified atom stereocenters. The second kappa shape index (κ2) is 5.18.